The van der Waals surface area contributed by atoms with Gasteiger partial charge in [0.25, 0.3) is 0 Å². The number of aromatic nitrogens is 1. The predicted octanol–water partition coefficient (Wildman–Crippen LogP) is 1.06. The molecule has 1 aliphatic heterocycles. The van der Waals surface area contributed by atoms with Crippen LogP contribution in [0, 0.1) is 5.92 Å². The number of morpholine rings is 1. The lowest BCUT2D eigenvalue weighted by Gasteiger charge is -2.28. The van der Waals surface area contributed by atoms with Crippen molar-refractivity contribution in [2.75, 3.05) is 37.7 Å². The van der Waals surface area contributed by atoms with Crippen molar-refractivity contribution >= 4 is 5.82 Å². The maximum atomic E-state index is 5.66. The fraction of sp³-hybridized carbons (Fsp3) is 0.615. The van der Waals surface area contributed by atoms with Gasteiger partial charge in [-0.05, 0) is 36.6 Å². The molecule has 0 radical (unpaired) electrons. The third-order valence-electron chi connectivity index (χ3n) is 3.13. The highest BCUT2D eigenvalue weighted by molar-refractivity contribution is 5.41. The van der Waals surface area contributed by atoms with Gasteiger partial charge in [-0.1, -0.05) is 6.92 Å². The summed E-state index contributed by atoms with van der Waals surface area (Å²) in [6, 6.07) is 4.26. The summed E-state index contributed by atoms with van der Waals surface area (Å²) in [4.78, 5) is 6.71. The Morgan fingerprint density at radius 2 is 2.24 bits per heavy atom. The molecule has 1 atom stereocenters. The minimum Gasteiger partial charge on any atom is -0.378 e. The first-order chi connectivity index (χ1) is 8.29. The van der Waals surface area contributed by atoms with Crippen LogP contribution in [0.15, 0.2) is 18.3 Å². The van der Waals surface area contributed by atoms with Gasteiger partial charge in [-0.3, -0.25) is 0 Å². The quantitative estimate of drug-likeness (QED) is 0.847. The fourth-order valence-electron chi connectivity index (χ4n) is 2.04. The standard InChI is InChI=1S/C13H21N3O/c1-11(10-14)8-12-2-3-15-13(9-12)16-4-6-17-7-5-16/h2-3,9,11H,4-8,10,14H2,1H3. The molecule has 0 saturated carbocycles. The molecule has 94 valence electrons. The largest absolute Gasteiger partial charge is 0.378 e. The summed E-state index contributed by atoms with van der Waals surface area (Å²) in [5, 5.41) is 0. The Kier molecular flexibility index (Phi) is 4.34. The second-order valence-electron chi connectivity index (χ2n) is 4.67. The number of nitrogens with two attached hydrogens (primary N) is 1. The Bertz CT molecular complexity index is 350. The summed E-state index contributed by atoms with van der Waals surface area (Å²) < 4.78 is 5.35. The summed E-state index contributed by atoms with van der Waals surface area (Å²) in [7, 11) is 0. The van der Waals surface area contributed by atoms with Crippen LogP contribution < -0.4 is 10.6 Å². The molecule has 0 aliphatic carbocycles. The van der Waals surface area contributed by atoms with Crippen molar-refractivity contribution in [1.82, 2.24) is 4.98 Å². The normalized spacial score (nSPS) is 18.1. The summed E-state index contributed by atoms with van der Waals surface area (Å²) in [6.45, 7) is 6.37. The van der Waals surface area contributed by atoms with Gasteiger partial charge in [0.15, 0.2) is 0 Å². The van der Waals surface area contributed by atoms with Crippen molar-refractivity contribution in [2.45, 2.75) is 13.3 Å². The van der Waals surface area contributed by atoms with Gasteiger partial charge in [-0.15, -0.1) is 0 Å². The minimum atomic E-state index is 0.523. The molecule has 1 unspecified atom stereocenters. The highest BCUT2D eigenvalue weighted by atomic mass is 16.5. The van der Waals surface area contributed by atoms with Gasteiger partial charge in [0.2, 0.25) is 0 Å². The van der Waals surface area contributed by atoms with Crippen molar-refractivity contribution in [2.24, 2.45) is 11.7 Å². The summed E-state index contributed by atoms with van der Waals surface area (Å²) in [6.07, 6.45) is 2.92. The molecule has 0 amide bonds. The van der Waals surface area contributed by atoms with Gasteiger partial charge in [-0.25, -0.2) is 4.98 Å². The van der Waals surface area contributed by atoms with Crippen LogP contribution in [0.25, 0.3) is 0 Å². The zero-order valence-corrected chi connectivity index (χ0v) is 10.4. The third kappa shape index (κ3) is 3.41. The van der Waals surface area contributed by atoms with Gasteiger partial charge in [0, 0.05) is 19.3 Å². The Balaban J connectivity index is 2.05. The zero-order chi connectivity index (χ0) is 12.1. The molecule has 0 bridgehead atoms. The molecule has 1 aromatic rings. The SMILES string of the molecule is CC(CN)Cc1ccnc(N2CCOCC2)c1. The second-order valence-corrected chi connectivity index (χ2v) is 4.67. The van der Waals surface area contributed by atoms with Crippen LogP contribution in [0.1, 0.15) is 12.5 Å². The number of hydrogen-bond donors (Lipinski definition) is 1. The molecule has 0 aromatic carbocycles. The van der Waals surface area contributed by atoms with Gasteiger partial charge >= 0.3 is 0 Å². The number of hydrogen-bond acceptors (Lipinski definition) is 4. The van der Waals surface area contributed by atoms with E-state index >= 15 is 0 Å². The van der Waals surface area contributed by atoms with E-state index in [0.29, 0.717) is 5.92 Å². The Hall–Kier alpha value is -1.13. The monoisotopic (exact) mass is 235 g/mol. The van der Waals surface area contributed by atoms with Crippen LogP contribution >= 0.6 is 0 Å². The lowest BCUT2D eigenvalue weighted by Crippen LogP contribution is -2.36. The van der Waals surface area contributed by atoms with E-state index in [1.807, 2.05) is 6.20 Å². The van der Waals surface area contributed by atoms with Gasteiger partial charge in [0.1, 0.15) is 5.82 Å². The smallest absolute Gasteiger partial charge is 0.128 e. The summed E-state index contributed by atoms with van der Waals surface area (Å²) in [5.74, 6) is 1.59. The second kappa shape index (κ2) is 5.98. The van der Waals surface area contributed by atoms with Crippen molar-refractivity contribution in [3.05, 3.63) is 23.9 Å². The van der Waals surface area contributed by atoms with E-state index in [-0.39, 0.29) is 0 Å². The molecule has 1 fully saturated rings. The molecule has 1 saturated heterocycles. The van der Waals surface area contributed by atoms with E-state index in [1.54, 1.807) is 0 Å². The Morgan fingerprint density at radius 3 is 2.94 bits per heavy atom. The van der Waals surface area contributed by atoms with Crippen LogP contribution in [-0.2, 0) is 11.2 Å². The lowest BCUT2D eigenvalue weighted by atomic mass is 10.0. The van der Waals surface area contributed by atoms with Crippen molar-refractivity contribution < 1.29 is 4.74 Å². The van der Waals surface area contributed by atoms with Crippen LogP contribution in [0.3, 0.4) is 0 Å². The van der Waals surface area contributed by atoms with Gasteiger partial charge in [-0.2, -0.15) is 0 Å². The topological polar surface area (TPSA) is 51.4 Å². The molecule has 1 aromatic heterocycles. The van der Waals surface area contributed by atoms with Crippen LogP contribution in [0.5, 0.6) is 0 Å². The van der Waals surface area contributed by atoms with E-state index in [4.69, 9.17) is 10.5 Å². The van der Waals surface area contributed by atoms with E-state index in [9.17, 15) is 0 Å². The van der Waals surface area contributed by atoms with E-state index in [2.05, 4.69) is 28.9 Å². The predicted molar refractivity (Wildman–Crippen MR) is 69.2 cm³/mol. The summed E-state index contributed by atoms with van der Waals surface area (Å²) >= 11 is 0. The molecule has 0 spiro atoms. The molecule has 4 nitrogen and oxygen atoms in total. The Labute approximate surface area is 103 Å². The van der Waals surface area contributed by atoms with Crippen molar-refractivity contribution in [1.29, 1.82) is 0 Å². The minimum absolute atomic E-state index is 0.523. The average molecular weight is 235 g/mol. The molecule has 2 heterocycles. The maximum Gasteiger partial charge on any atom is 0.128 e. The molecule has 2 rings (SSSR count). The highest BCUT2D eigenvalue weighted by Crippen LogP contribution is 2.16. The average Bonchev–Trinajstić information content (AvgIpc) is 2.40. The third-order valence-corrected chi connectivity index (χ3v) is 3.13. The number of nitrogens with zero attached hydrogens (tertiary/aromatic N) is 2. The molecular formula is C13H21N3O. The first-order valence-electron chi connectivity index (χ1n) is 6.27. The molecular weight excluding hydrogens is 214 g/mol. The molecule has 2 N–H and O–H groups in total. The van der Waals surface area contributed by atoms with E-state index in [1.165, 1.54) is 5.56 Å². The lowest BCUT2D eigenvalue weighted by molar-refractivity contribution is 0.122. The Morgan fingerprint density at radius 1 is 1.47 bits per heavy atom. The maximum absolute atomic E-state index is 5.66. The number of ether oxygens (including phenoxy) is 1. The molecule has 17 heavy (non-hydrogen) atoms. The summed E-state index contributed by atoms with van der Waals surface area (Å²) in [5.41, 5.74) is 6.98. The van der Waals surface area contributed by atoms with Crippen LogP contribution in [0.2, 0.25) is 0 Å². The highest BCUT2D eigenvalue weighted by Gasteiger charge is 2.12. The van der Waals surface area contributed by atoms with Gasteiger partial charge in [0.05, 0.1) is 13.2 Å². The fourth-order valence-corrected chi connectivity index (χ4v) is 2.04. The first kappa shape index (κ1) is 12.3. The zero-order valence-electron chi connectivity index (χ0n) is 10.4. The van der Waals surface area contributed by atoms with E-state index < -0.39 is 0 Å². The number of rotatable bonds is 4. The molecule has 4 heteroatoms. The van der Waals surface area contributed by atoms with Crippen LogP contribution in [0.4, 0.5) is 5.82 Å². The van der Waals surface area contributed by atoms with Crippen molar-refractivity contribution in [3.63, 3.8) is 0 Å². The number of pyridine rings is 1. The first-order valence-corrected chi connectivity index (χ1v) is 6.27. The van der Waals surface area contributed by atoms with Crippen molar-refractivity contribution in [3.8, 4) is 0 Å². The number of anilines is 1. The van der Waals surface area contributed by atoms with Crippen LogP contribution in [-0.4, -0.2) is 37.8 Å². The molecule has 1 aliphatic rings. The van der Waals surface area contributed by atoms with Gasteiger partial charge < -0.3 is 15.4 Å². The van der Waals surface area contributed by atoms with E-state index in [0.717, 1.165) is 45.1 Å².